The van der Waals surface area contributed by atoms with E-state index in [2.05, 4.69) is 25.8 Å². The van der Waals surface area contributed by atoms with E-state index in [-0.39, 0.29) is 36.1 Å². The number of halogens is 1. The van der Waals surface area contributed by atoms with Crippen molar-refractivity contribution in [2.24, 2.45) is 4.99 Å². The van der Waals surface area contributed by atoms with Crippen LogP contribution in [0.4, 0.5) is 4.79 Å². The molecule has 2 aromatic rings. The number of ether oxygens (including phenoxy) is 1. The quantitative estimate of drug-likeness (QED) is 0.342. The van der Waals surface area contributed by atoms with Gasteiger partial charge in [0.05, 0.1) is 6.04 Å². The van der Waals surface area contributed by atoms with E-state index in [1.807, 2.05) is 61.4 Å². The van der Waals surface area contributed by atoms with Crippen molar-refractivity contribution in [2.75, 3.05) is 19.6 Å². The lowest BCUT2D eigenvalue weighted by atomic mass is 10.0. The van der Waals surface area contributed by atoms with E-state index < -0.39 is 5.60 Å². The lowest BCUT2D eigenvalue weighted by molar-refractivity contribution is 0.0104. The summed E-state index contributed by atoms with van der Waals surface area (Å²) in [4.78, 5) is 19.1. The molecule has 172 valence electrons. The van der Waals surface area contributed by atoms with Crippen molar-refractivity contribution in [3.63, 3.8) is 0 Å². The molecule has 1 aliphatic heterocycles. The van der Waals surface area contributed by atoms with Crippen LogP contribution in [0.5, 0.6) is 0 Å². The van der Waals surface area contributed by atoms with Crippen molar-refractivity contribution in [1.29, 1.82) is 0 Å². The standard InChI is InChI=1S/C21H33N7O2.HI/c1-5-22-19(24-15-18-26-25-17-11-7-9-13-28(17)18)23-14-16-10-6-8-12-27(16)20(29)30-21(2,3)4;/h7,9,11,13,16H,5-6,8,10,12,14-15H2,1-4H3,(H2,22,23,24);1H. The highest BCUT2D eigenvalue weighted by Gasteiger charge is 2.30. The zero-order valence-corrected chi connectivity index (χ0v) is 21.1. The number of nitrogens with zero attached hydrogens (tertiary/aromatic N) is 5. The van der Waals surface area contributed by atoms with Gasteiger partial charge in [0.15, 0.2) is 17.4 Å². The van der Waals surface area contributed by atoms with Crippen LogP contribution in [0, 0.1) is 0 Å². The molecule has 0 aliphatic carbocycles. The van der Waals surface area contributed by atoms with Crippen molar-refractivity contribution in [3.05, 3.63) is 30.2 Å². The minimum Gasteiger partial charge on any atom is -0.444 e. The van der Waals surface area contributed by atoms with Gasteiger partial charge in [-0.3, -0.25) is 4.40 Å². The monoisotopic (exact) mass is 543 g/mol. The molecule has 1 fully saturated rings. The molecule has 1 amide bonds. The zero-order chi connectivity index (χ0) is 21.6. The van der Waals surface area contributed by atoms with Crippen LogP contribution in [0.15, 0.2) is 29.4 Å². The van der Waals surface area contributed by atoms with Gasteiger partial charge in [0.1, 0.15) is 12.1 Å². The molecule has 1 atom stereocenters. The van der Waals surface area contributed by atoms with Crippen LogP contribution < -0.4 is 10.6 Å². The average molecular weight is 543 g/mol. The van der Waals surface area contributed by atoms with Gasteiger partial charge in [0.2, 0.25) is 0 Å². The third-order valence-corrected chi connectivity index (χ3v) is 4.87. The molecule has 2 N–H and O–H groups in total. The number of hydrogen-bond acceptors (Lipinski definition) is 5. The maximum Gasteiger partial charge on any atom is 0.410 e. The Morgan fingerprint density at radius 1 is 1.26 bits per heavy atom. The summed E-state index contributed by atoms with van der Waals surface area (Å²) < 4.78 is 7.52. The first kappa shape index (κ1) is 25.2. The van der Waals surface area contributed by atoms with E-state index in [4.69, 9.17) is 4.74 Å². The number of hydrogen-bond donors (Lipinski definition) is 2. The number of amides is 1. The molecular weight excluding hydrogens is 509 g/mol. The Morgan fingerprint density at radius 3 is 2.81 bits per heavy atom. The Hall–Kier alpha value is -2.11. The van der Waals surface area contributed by atoms with Crippen LogP contribution in [0.3, 0.4) is 0 Å². The SMILES string of the molecule is CCNC(=NCc1nnc2ccccn12)NCC1CCCCN1C(=O)OC(C)(C)C.I. The van der Waals surface area contributed by atoms with Crippen molar-refractivity contribution >= 4 is 41.7 Å². The number of aliphatic imine (C=N–C) groups is 1. The fourth-order valence-corrected chi connectivity index (χ4v) is 3.48. The Morgan fingerprint density at radius 2 is 2.06 bits per heavy atom. The van der Waals surface area contributed by atoms with Gasteiger partial charge in [0.25, 0.3) is 0 Å². The third kappa shape index (κ3) is 7.22. The van der Waals surface area contributed by atoms with Gasteiger partial charge in [-0.25, -0.2) is 9.79 Å². The van der Waals surface area contributed by atoms with Gasteiger partial charge in [-0.2, -0.15) is 0 Å². The lowest BCUT2D eigenvalue weighted by Gasteiger charge is -2.37. The Labute approximate surface area is 201 Å². The normalized spacial score (nSPS) is 17.2. The second-order valence-corrected chi connectivity index (χ2v) is 8.44. The molecule has 0 bridgehead atoms. The van der Waals surface area contributed by atoms with E-state index >= 15 is 0 Å². The highest BCUT2D eigenvalue weighted by molar-refractivity contribution is 14.0. The van der Waals surface area contributed by atoms with Crippen LogP contribution in [0.2, 0.25) is 0 Å². The molecule has 9 nitrogen and oxygen atoms in total. The highest BCUT2D eigenvalue weighted by Crippen LogP contribution is 2.20. The lowest BCUT2D eigenvalue weighted by Crippen LogP contribution is -2.52. The number of pyridine rings is 1. The van der Waals surface area contributed by atoms with E-state index in [1.54, 1.807) is 0 Å². The minimum atomic E-state index is -0.496. The molecule has 3 heterocycles. The Bertz CT molecular complexity index is 878. The maximum atomic E-state index is 12.6. The zero-order valence-electron chi connectivity index (χ0n) is 18.8. The van der Waals surface area contributed by atoms with Crippen LogP contribution in [0.1, 0.15) is 52.8 Å². The Balaban J connectivity index is 0.00000341. The summed E-state index contributed by atoms with van der Waals surface area (Å²) in [7, 11) is 0. The molecule has 0 radical (unpaired) electrons. The summed E-state index contributed by atoms with van der Waals surface area (Å²) in [5, 5.41) is 15.0. The summed E-state index contributed by atoms with van der Waals surface area (Å²) in [6, 6.07) is 5.87. The van der Waals surface area contributed by atoms with E-state index in [1.165, 1.54) is 0 Å². The van der Waals surface area contributed by atoms with Crippen LogP contribution >= 0.6 is 24.0 Å². The number of guanidine groups is 1. The van der Waals surface area contributed by atoms with Crippen molar-refractivity contribution < 1.29 is 9.53 Å². The van der Waals surface area contributed by atoms with Crippen molar-refractivity contribution in [2.45, 2.75) is 65.1 Å². The Kier molecular flexibility index (Phi) is 9.32. The second-order valence-electron chi connectivity index (χ2n) is 8.44. The van der Waals surface area contributed by atoms with E-state index in [0.29, 0.717) is 19.0 Å². The number of rotatable bonds is 5. The van der Waals surface area contributed by atoms with Gasteiger partial charge in [-0.15, -0.1) is 34.2 Å². The molecule has 0 spiro atoms. The third-order valence-electron chi connectivity index (χ3n) is 4.87. The largest absolute Gasteiger partial charge is 0.444 e. The first-order valence-electron chi connectivity index (χ1n) is 10.7. The van der Waals surface area contributed by atoms with Gasteiger partial charge >= 0.3 is 6.09 Å². The van der Waals surface area contributed by atoms with Gasteiger partial charge in [0, 0.05) is 25.8 Å². The number of carbonyl (C=O) groups excluding carboxylic acids is 1. The smallest absolute Gasteiger partial charge is 0.410 e. The maximum absolute atomic E-state index is 12.6. The summed E-state index contributed by atoms with van der Waals surface area (Å²) in [5.74, 6) is 1.47. The first-order valence-corrected chi connectivity index (χ1v) is 10.7. The van der Waals surface area contributed by atoms with Crippen molar-refractivity contribution in [3.8, 4) is 0 Å². The molecule has 2 aromatic heterocycles. The minimum absolute atomic E-state index is 0. The summed E-state index contributed by atoms with van der Waals surface area (Å²) >= 11 is 0. The average Bonchev–Trinajstić information content (AvgIpc) is 3.12. The number of carbonyl (C=O) groups is 1. The highest BCUT2D eigenvalue weighted by atomic mass is 127. The number of likely N-dealkylation sites (tertiary alicyclic amines) is 1. The summed E-state index contributed by atoms with van der Waals surface area (Å²) in [6.07, 6.45) is 4.74. The van der Waals surface area contributed by atoms with Gasteiger partial charge in [-0.1, -0.05) is 6.07 Å². The predicted octanol–water partition coefficient (Wildman–Crippen LogP) is 3.19. The van der Waals surface area contributed by atoms with E-state index in [0.717, 1.165) is 43.8 Å². The number of nitrogens with one attached hydrogen (secondary N) is 2. The topological polar surface area (TPSA) is 96.1 Å². The van der Waals surface area contributed by atoms with Crippen LogP contribution in [-0.2, 0) is 11.3 Å². The number of piperidine rings is 1. The van der Waals surface area contributed by atoms with Gasteiger partial charge < -0.3 is 20.3 Å². The van der Waals surface area contributed by atoms with Crippen LogP contribution in [-0.4, -0.2) is 62.8 Å². The number of fused-ring (bicyclic) bond motifs is 1. The van der Waals surface area contributed by atoms with Crippen molar-refractivity contribution in [1.82, 2.24) is 30.1 Å². The molecule has 3 rings (SSSR count). The first-order chi connectivity index (χ1) is 14.4. The summed E-state index contributed by atoms with van der Waals surface area (Å²) in [5.41, 5.74) is 0.306. The number of aromatic nitrogens is 3. The fraction of sp³-hybridized carbons (Fsp3) is 0.619. The molecule has 0 aromatic carbocycles. The fourth-order valence-electron chi connectivity index (χ4n) is 3.48. The molecule has 1 saturated heterocycles. The molecule has 31 heavy (non-hydrogen) atoms. The van der Waals surface area contributed by atoms with Gasteiger partial charge in [-0.05, 0) is 59.1 Å². The molecule has 10 heteroatoms. The second kappa shape index (κ2) is 11.5. The van der Waals surface area contributed by atoms with Crippen LogP contribution in [0.25, 0.3) is 5.65 Å². The molecule has 1 unspecified atom stereocenters. The molecule has 0 saturated carbocycles. The summed E-state index contributed by atoms with van der Waals surface area (Å²) in [6.45, 7) is 10.2. The van der Waals surface area contributed by atoms with E-state index in [9.17, 15) is 4.79 Å². The molecular formula is C21H34IN7O2. The molecule has 1 aliphatic rings. The predicted molar refractivity (Wildman–Crippen MR) is 132 cm³/mol.